The summed E-state index contributed by atoms with van der Waals surface area (Å²) in [7, 11) is 1.48. The SMILES string of the molecule is CC.COc1ccc(-n2c(C)nc3cc(-c4cc(C(F)(F)F)cc(C(F)(F)F)c4)ccc32)cc1Cl. The second kappa shape index (κ2) is 9.81. The zero-order chi connectivity index (χ0) is 26.1. The predicted molar refractivity (Wildman–Crippen MR) is 124 cm³/mol. The zero-order valence-corrected chi connectivity index (χ0v) is 19.9. The third-order valence-electron chi connectivity index (χ3n) is 5.14. The lowest BCUT2D eigenvalue weighted by molar-refractivity contribution is -0.143. The average Bonchev–Trinajstić information content (AvgIpc) is 3.13. The molecule has 0 bridgehead atoms. The van der Waals surface area contributed by atoms with Crippen LogP contribution in [-0.4, -0.2) is 16.7 Å². The van der Waals surface area contributed by atoms with Crippen molar-refractivity contribution in [3.05, 3.63) is 76.6 Å². The molecular weight excluding hydrogens is 494 g/mol. The van der Waals surface area contributed by atoms with E-state index in [1.807, 2.05) is 13.8 Å². The minimum atomic E-state index is -4.92. The molecule has 0 unspecified atom stereocenters. The number of hydrogen-bond acceptors (Lipinski definition) is 2. The maximum absolute atomic E-state index is 13.2. The number of methoxy groups -OCH3 is 1. The molecule has 0 aliphatic heterocycles. The highest BCUT2D eigenvalue weighted by atomic mass is 35.5. The van der Waals surface area contributed by atoms with E-state index in [4.69, 9.17) is 16.3 Å². The Balaban J connectivity index is 0.00000167. The van der Waals surface area contributed by atoms with Gasteiger partial charge in [-0.3, -0.25) is 4.57 Å². The molecule has 1 aromatic heterocycles. The number of hydrogen-bond donors (Lipinski definition) is 0. The summed E-state index contributed by atoms with van der Waals surface area (Å²) in [5.41, 5.74) is -1.09. The highest BCUT2D eigenvalue weighted by molar-refractivity contribution is 6.32. The maximum Gasteiger partial charge on any atom is 0.416 e. The fraction of sp³-hybridized carbons (Fsp3) is 0.240. The van der Waals surface area contributed by atoms with Crippen LogP contribution in [0, 0.1) is 6.92 Å². The lowest BCUT2D eigenvalue weighted by Gasteiger charge is -2.14. The first kappa shape index (κ1) is 26.4. The van der Waals surface area contributed by atoms with Crippen LogP contribution in [0.25, 0.3) is 27.8 Å². The molecule has 3 nitrogen and oxygen atoms in total. The van der Waals surface area contributed by atoms with E-state index >= 15 is 0 Å². The summed E-state index contributed by atoms with van der Waals surface area (Å²) in [4.78, 5) is 4.43. The van der Waals surface area contributed by atoms with Gasteiger partial charge in [-0.15, -0.1) is 0 Å². The van der Waals surface area contributed by atoms with Crippen LogP contribution >= 0.6 is 11.6 Å². The third kappa shape index (κ3) is 5.40. The molecule has 3 aromatic carbocycles. The quantitative estimate of drug-likeness (QED) is 0.256. The van der Waals surface area contributed by atoms with Crippen molar-refractivity contribution in [3.63, 3.8) is 0 Å². The molecule has 0 N–H and O–H groups in total. The molecule has 186 valence electrons. The first-order chi connectivity index (χ1) is 16.4. The first-order valence-corrected chi connectivity index (χ1v) is 10.9. The van der Waals surface area contributed by atoms with Crippen LogP contribution in [0.3, 0.4) is 0 Å². The highest BCUT2D eigenvalue weighted by Gasteiger charge is 2.37. The highest BCUT2D eigenvalue weighted by Crippen LogP contribution is 2.39. The normalized spacial score (nSPS) is 11.9. The Morgan fingerprint density at radius 2 is 1.40 bits per heavy atom. The van der Waals surface area contributed by atoms with Crippen molar-refractivity contribution in [2.75, 3.05) is 7.11 Å². The van der Waals surface area contributed by atoms with Crippen molar-refractivity contribution < 1.29 is 31.1 Å². The Morgan fingerprint density at radius 3 is 1.91 bits per heavy atom. The van der Waals surface area contributed by atoms with Crippen LogP contribution in [0.2, 0.25) is 5.02 Å². The smallest absolute Gasteiger partial charge is 0.416 e. The molecule has 0 saturated carbocycles. The van der Waals surface area contributed by atoms with Gasteiger partial charge in [0.05, 0.1) is 34.3 Å². The largest absolute Gasteiger partial charge is 0.495 e. The Morgan fingerprint density at radius 1 is 0.800 bits per heavy atom. The van der Waals surface area contributed by atoms with Crippen molar-refractivity contribution in [2.45, 2.75) is 33.1 Å². The third-order valence-corrected chi connectivity index (χ3v) is 5.43. The Kier molecular flexibility index (Phi) is 7.40. The zero-order valence-electron chi connectivity index (χ0n) is 19.1. The molecule has 1 heterocycles. The van der Waals surface area contributed by atoms with E-state index < -0.39 is 23.5 Å². The van der Waals surface area contributed by atoms with E-state index in [0.29, 0.717) is 45.5 Å². The molecule has 0 amide bonds. The molecule has 0 aliphatic carbocycles. The van der Waals surface area contributed by atoms with Crippen LogP contribution in [0.1, 0.15) is 30.8 Å². The van der Waals surface area contributed by atoms with Gasteiger partial charge in [0.2, 0.25) is 0 Å². The van der Waals surface area contributed by atoms with Crippen LogP contribution in [0.15, 0.2) is 54.6 Å². The van der Waals surface area contributed by atoms with Crippen molar-refractivity contribution in [1.29, 1.82) is 0 Å². The van der Waals surface area contributed by atoms with Crippen LogP contribution in [-0.2, 0) is 12.4 Å². The average molecular weight is 515 g/mol. The number of fused-ring (bicyclic) bond motifs is 1. The van der Waals surface area contributed by atoms with Crippen LogP contribution in [0.4, 0.5) is 26.3 Å². The lowest BCUT2D eigenvalue weighted by Crippen LogP contribution is -2.11. The summed E-state index contributed by atoms with van der Waals surface area (Å²) in [6, 6.07) is 11.1. The number of aryl methyl sites for hydroxylation is 1. The standard InChI is InChI=1S/C23H15ClF6N2O.C2H6/c1-12-31-19-9-13(14-7-15(22(25,26)27)10-16(8-14)23(28,29)30)3-5-20(19)32(12)17-4-6-21(33-2)18(24)11-17;1-2/h3-11H,1-2H3;1-2H3. The monoisotopic (exact) mass is 514 g/mol. The molecule has 35 heavy (non-hydrogen) atoms. The molecule has 0 atom stereocenters. The van der Waals surface area contributed by atoms with Gasteiger partial charge in [-0.2, -0.15) is 26.3 Å². The number of imidazole rings is 1. The van der Waals surface area contributed by atoms with E-state index in [0.717, 1.165) is 0 Å². The van der Waals surface area contributed by atoms with Crippen molar-refractivity contribution in [3.8, 4) is 22.6 Å². The molecule has 0 radical (unpaired) electrons. The minimum absolute atomic E-state index is 0.105. The molecule has 4 aromatic rings. The Bertz CT molecular complexity index is 1330. The van der Waals surface area contributed by atoms with E-state index in [-0.39, 0.29) is 17.2 Å². The molecular formula is C25H21ClF6N2O. The number of nitrogens with zero attached hydrogens (tertiary/aromatic N) is 2. The summed E-state index contributed by atoms with van der Waals surface area (Å²) in [6.45, 7) is 5.73. The molecule has 4 rings (SSSR count). The van der Waals surface area contributed by atoms with Crippen LogP contribution in [0.5, 0.6) is 5.75 Å². The second-order valence-corrected chi connectivity index (χ2v) is 7.72. The number of alkyl halides is 6. The summed E-state index contributed by atoms with van der Waals surface area (Å²) >= 11 is 6.22. The van der Waals surface area contributed by atoms with Gasteiger partial charge in [0, 0.05) is 5.69 Å². The van der Waals surface area contributed by atoms with Gasteiger partial charge in [0.15, 0.2) is 0 Å². The molecule has 0 aliphatic rings. The first-order valence-electron chi connectivity index (χ1n) is 10.5. The van der Waals surface area contributed by atoms with Crippen molar-refractivity contribution >= 4 is 22.6 Å². The Labute approximate surface area is 202 Å². The number of ether oxygens (including phenoxy) is 1. The molecule has 10 heteroatoms. The fourth-order valence-electron chi connectivity index (χ4n) is 3.62. The number of rotatable bonds is 3. The molecule has 0 saturated heterocycles. The fourth-order valence-corrected chi connectivity index (χ4v) is 3.87. The molecule has 0 fully saturated rings. The van der Waals surface area contributed by atoms with Crippen LogP contribution < -0.4 is 4.74 Å². The summed E-state index contributed by atoms with van der Waals surface area (Å²) < 4.78 is 86.3. The molecule has 0 spiro atoms. The van der Waals surface area contributed by atoms with E-state index in [1.54, 1.807) is 35.8 Å². The summed E-state index contributed by atoms with van der Waals surface area (Å²) in [5.74, 6) is 1.04. The summed E-state index contributed by atoms with van der Waals surface area (Å²) in [6.07, 6.45) is -9.85. The summed E-state index contributed by atoms with van der Waals surface area (Å²) in [5, 5.41) is 0.372. The van der Waals surface area contributed by atoms with Crippen molar-refractivity contribution in [2.24, 2.45) is 0 Å². The second-order valence-electron chi connectivity index (χ2n) is 7.31. The topological polar surface area (TPSA) is 27.1 Å². The van der Waals surface area contributed by atoms with Gasteiger partial charge in [0.1, 0.15) is 11.6 Å². The lowest BCUT2D eigenvalue weighted by atomic mass is 9.98. The number of benzene rings is 3. The Hall–Kier alpha value is -3.20. The van der Waals surface area contributed by atoms with Gasteiger partial charge in [-0.05, 0) is 66.6 Å². The number of halogens is 7. The van der Waals surface area contributed by atoms with Crippen molar-refractivity contribution in [1.82, 2.24) is 9.55 Å². The van der Waals surface area contributed by atoms with Gasteiger partial charge in [-0.25, -0.2) is 4.98 Å². The maximum atomic E-state index is 13.2. The van der Waals surface area contributed by atoms with Gasteiger partial charge in [0.25, 0.3) is 0 Å². The van der Waals surface area contributed by atoms with E-state index in [1.165, 1.54) is 19.2 Å². The van der Waals surface area contributed by atoms with Gasteiger partial charge < -0.3 is 4.74 Å². The van der Waals surface area contributed by atoms with E-state index in [9.17, 15) is 26.3 Å². The minimum Gasteiger partial charge on any atom is -0.495 e. The van der Waals surface area contributed by atoms with Gasteiger partial charge >= 0.3 is 12.4 Å². The van der Waals surface area contributed by atoms with E-state index in [2.05, 4.69) is 4.98 Å². The van der Waals surface area contributed by atoms with Gasteiger partial charge in [-0.1, -0.05) is 31.5 Å². The predicted octanol–water partition coefficient (Wildman–Crippen LogP) is 8.73. The number of aromatic nitrogens is 2.